The summed E-state index contributed by atoms with van der Waals surface area (Å²) in [5.74, 6) is 0.145. The Labute approximate surface area is 94.1 Å². The number of aliphatic hydroxyl groups excluding tert-OH is 1. The van der Waals surface area contributed by atoms with Gasteiger partial charge in [-0.2, -0.15) is 0 Å². The van der Waals surface area contributed by atoms with Crippen LogP contribution in [0, 0.1) is 0 Å². The normalized spacial score (nSPS) is 12.1. The number of halogens is 1. The SMILES string of the molecule is O=C(CCCl)N[C@H](CO)c1ccccc1. The molecule has 0 saturated carbocycles. The number of rotatable bonds is 5. The van der Waals surface area contributed by atoms with Gasteiger partial charge in [0.25, 0.3) is 0 Å². The first kappa shape index (κ1) is 12.0. The van der Waals surface area contributed by atoms with Crippen molar-refractivity contribution in [2.45, 2.75) is 12.5 Å². The molecule has 0 unspecified atom stereocenters. The van der Waals surface area contributed by atoms with Gasteiger partial charge in [0, 0.05) is 12.3 Å². The van der Waals surface area contributed by atoms with Crippen LogP contribution in [-0.4, -0.2) is 23.5 Å². The molecule has 1 amide bonds. The molecule has 1 atom stereocenters. The Hall–Kier alpha value is -1.06. The maximum Gasteiger partial charge on any atom is 0.221 e. The summed E-state index contributed by atoms with van der Waals surface area (Å²) >= 11 is 5.45. The van der Waals surface area contributed by atoms with Crippen LogP contribution in [0.15, 0.2) is 30.3 Å². The van der Waals surface area contributed by atoms with E-state index in [1.165, 1.54) is 0 Å². The molecule has 15 heavy (non-hydrogen) atoms. The molecule has 0 saturated heterocycles. The van der Waals surface area contributed by atoms with Crippen LogP contribution < -0.4 is 5.32 Å². The average Bonchev–Trinajstić information content (AvgIpc) is 2.27. The van der Waals surface area contributed by atoms with Gasteiger partial charge in [-0.1, -0.05) is 30.3 Å². The van der Waals surface area contributed by atoms with Crippen LogP contribution in [0.2, 0.25) is 0 Å². The Balaban J connectivity index is 2.61. The quantitative estimate of drug-likeness (QED) is 0.749. The van der Waals surface area contributed by atoms with Gasteiger partial charge in [0.15, 0.2) is 0 Å². The van der Waals surface area contributed by atoms with E-state index in [4.69, 9.17) is 16.7 Å². The molecular formula is C11H14ClNO2. The van der Waals surface area contributed by atoms with Gasteiger partial charge in [-0.05, 0) is 5.56 Å². The third-order valence-corrected chi connectivity index (χ3v) is 2.23. The van der Waals surface area contributed by atoms with Crippen molar-refractivity contribution in [2.75, 3.05) is 12.5 Å². The zero-order chi connectivity index (χ0) is 11.1. The summed E-state index contributed by atoms with van der Waals surface area (Å²) in [4.78, 5) is 11.3. The number of alkyl halides is 1. The first-order valence-electron chi connectivity index (χ1n) is 4.79. The molecule has 0 fully saturated rings. The monoisotopic (exact) mass is 227 g/mol. The van der Waals surface area contributed by atoms with Crippen molar-refractivity contribution in [3.05, 3.63) is 35.9 Å². The van der Waals surface area contributed by atoms with Crippen LogP contribution in [0.4, 0.5) is 0 Å². The van der Waals surface area contributed by atoms with Crippen LogP contribution in [0.1, 0.15) is 18.0 Å². The highest BCUT2D eigenvalue weighted by atomic mass is 35.5. The standard InChI is InChI=1S/C11H14ClNO2/c12-7-6-11(15)13-10(8-14)9-4-2-1-3-5-9/h1-5,10,14H,6-8H2,(H,13,15)/t10-/m1/s1. The highest BCUT2D eigenvalue weighted by molar-refractivity contribution is 6.18. The van der Waals surface area contributed by atoms with Crippen LogP contribution >= 0.6 is 11.6 Å². The van der Waals surface area contributed by atoms with Crippen molar-refractivity contribution < 1.29 is 9.90 Å². The molecule has 1 aromatic carbocycles. The molecule has 0 spiro atoms. The number of amides is 1. The molecular weight excluding hydrogens is 214 g/mol. The third kappa shape index (κ3) is 3.90. The van der Waals surface area contributed by atoms with Crippen molar-refractivity contribution in [1.29, 1.82) is 0 Å². The van der Waals surface area contributed by atoms with E-state index in [-0.39, 0.29) is 25.0 Å². The third-order valence-electron chi connectivity index (χ3n) is 2.04. The van der Waals surface area contributed by atoms with E-state index in [1.807, 2.05) is 30.3 Å². The van der Waals surface area contributed by atoms with Crippen LogP contribution in [0.25, 0.3) is 0 Å². The van der Waals surface area contributed by atoms with E-state index in [0.29, 0.717) is 5.88 Å². The lowest BCUT2D eigenvalue weighted by molar-refractivity contribution is -0.121. The summed E-state index contributed by atoms with van der Waals surface area (Å²) < 4.78 is 0. The second-order valence-corrected chi connectivity index (χ2v) is 3.53. The minimum atomic E-state index is -0.345. The van der Waals surface area contributed by atoms with Gasteiger partial charge < -0.3 is 10.4 Å². The summed E-state index contributed by atoms with van der Waals surface area (Å²) in [6.45, 7) is -0.113. The average molecular weight is 228 g/mol. The fourth-order valence-electron chi connectivity index (χ4n) is 1.27. The van der Waals surface area contributed by atoms with Gasteiger partial charge in [0.1, 0.15) is 0 Å². The number of benzene rings is 1. The zero-order valence-electron chi connectivity index (χ0n) is 8.32. The van der Waals surface area contributed by atoms with Crippen molar-refractivity contribution in [3.8, 4) is 0 Å². The molecule has 0 bridgehead atoms. The second-order valence-electron chi connectivity index (χ2n) is 3.15. The lowest BCUT2D eigenvalue weighted by Gasteiger charge is -2.16. The molecule has 0 aliphatic heterocycles. The maximum absolute atomic E-state index is 11.3. The van der Waals surface area contributed by atoms with Gasteiger partial charge in [-0.15, -0.1) is 11.6 Å². The summed E-state index contributed by atoms with van der Waals surface area (Å²) in [7, 11) is 0. The maximum atomic E-state index is 11.3. The number of aliphatic hydroxyl groups is 1. The first-order chi connectivity index (χ1) is 7.27. The summed E-state index contributed by atoms with van der Waals surface area (Å²) in [6, 6.07) is 9.00. The Morgan fingerprint density at radius 3 is 2.60 bits per heavy atom. The molecule has 0 radical (unpaired) electrons. The minimum Gasteiger partial charge on any atom is -0.394 e. The van der Waals surface area contributed by atoms with Crippen LogP contribution in [0.5, 0.6) is 0 Å². The van der Waals surface area contributed by atoms with E-state index < -0.39 is 0 Å². The van der Waals surface area contributed by atoms with Gasteiger partial charge in [0.05, 0.1) is 12.6 Å². The van der Waals surface area contributed by atoms with E-state index in [1.54, 1.807) is 0 Å². The van der Waals surface area contributed by atoms with Crippen molar-refractivity contribution in [3.63, 3.8) is 0 Å². The largest absolute Gasteiger partial charge is 0.394 e. The topological polar surface area (TPSA) is 49.3 Å². The zero-order valence-corrected chi connectivity index (χ0v) is 9.07. The Morgan fingerprint density at radius 2 is 2.07 bits per heavy atom. The molecule has 82 valence electrons. The Morgan fingerprint density at radius 1 is 1.40 bits per heavy atom. The number of nitrogens with one attached hydrogen (secondary N) is 1. The number of hydrogen-bond acceptors (Lipinski definition) is 2. The minimum absolute atomic E-state index is 0.113. The lowest BCUT2D eigenvalue weighted by atomic mass is 10.1. The van der Waals surface area contributed by atoms with Gasteiger partial charge in [-0.3, -0.25) is 4.79 Å². The highest BCUT2D eigenvalue weighted by Gasteiger charge is 2.12. The molecule has 0 heterocycles. The van der Waals surface area contributed by atoms with Crippen LogP contribution in [0.3, 0.4) is 0 Å². The molecule has 3 nitrogen and oxygen atoms in total. The smallest absolute Gasteiger partial charge is 0.221 e. The predicted molar refractivity (Wildman–Crippen MR) is 59.7 cm³/mol. The van der Waals surface area contributed by atoms with E-state index in [0.717, 1.165) is 5.56 Å². The van der Waals surface area contributed by atoms with E-state index in [2.05, 4.69) is 5.32 Å². The molecule has 1 aromatic rings. The summed E-state index contributed by atoms with van der Waals surface area (Å²) in [6.07, 6.45) is 0.269. The van der Waals surface area contributed by atoms with Crippen molar-refractivity contribution >= 4 is 17.5 Å². The first-order valence-corrected chi connectivity index (χ1v) is 5.32. The molecule has 4 heteroatoms. The summed E-state index contributed by atoms with van der Waals surface area (Å²) in [5.41, 5.74) is 0.892. The molecule has 2 N–H and O–H groups in total. The Bertz CT molecular complexity index is 303. The fraction of sp³-hybridized carbons (Fsp3) is 0.364. The molecule has 1 rings (SSSR count). The second kappa shape index (κ2) is 6.43. The van der Waals surface area contributed by atoms with Crippen molar-refractivity contribution in [2.24, 2.45) is 0 Å². The van der Waals surface area contributed by atoms with E-state index >= 15 is 0 Å². The number of carbonyl (C=O) groups is 1. The highest BCUT2D eigenvalue weighted by Crippen LogP contribution is 2.11. The molecule has 0 aliphatic rings. The molecule has 0 aliphatic carbocycles. The van der Waals surface area contributed by atoms with Gasteiger partial charge in [-0.25, -0.2) is 0 Å². The summed E-state index contributed by atoms with van der Waals surface area (Å²) in [5, 5.41) is 11.9. The fourth-order valence-corrected chi connectivity index (χ4v) is 1.44. The van der Waals surface area contributed by atoms with Crippen LogP contribution in [-0.2, 0) is 4.79 Å². The lowest BCUT2D eigenvalue weighted by Crippen LogP contribution is -2.30. The molecule has 0 aromatic heterocycles. The predicted octanol–water partition coefficient (Wildman–Crippen LogP) is 1.47. The van der Waals surface area contributed by atoms with E-state index in [9.17, 15) is 4.79 Å². The number of hydrogen-bond donors (Lipinski definition) is 2. The van der Waals surface area contributed by atoms with Crippen molar-refractivity contribution in [1.82, 2.24) is 5.32 Å². The Kier molecular flexibility index (Phi) is 5.15. The van der Waals surface area contributed by atoms with Gasteiger partial charge in [0.2, 0.25) is 5.91 Å². The van der Waals surface area contributed by atoms with Gasteiger partial charge >= 0.3 is 0 Å². The number of carbonyl (C=O) groups excluding carboxylic acids is 1.